The van der Waals surface area contributed by atoms with Crippen LogP contribution in [0.15, 0.2) is 58.3 Å². The lowest BCUT2D eigenvalue weighted by Gasteiger charge is -2.25. The Bertz CT molecular complexity index is 1270. The van der Waals surface area contributed by atoms with Crippen molar-refractivity contribution in [1.29, 1.82) is 0 Å². The zero-order valence-corrected chi connectivity index (χ0v) is 16.1. The fourth-order valence-electron chi connectivity index (χ4n) is 3.61. The molecule has 1 amide bonds. The van der Waals surface area contributed by atoms with Crippen molar-refractivity contribution >= 4 is 34.2 Å². The van der Waals surface area contributed by atoms with E-state index in [0.717, 1.165) is 23.4 Å². The maximum absolute atomic E-state index is 13.1. The number of hydrogen-bond donors (Lipinski definition) is 1. The van der Waals surface area contributed by atoms with E-state index in [-0.39, 0.29) is 11.5 Å². The maximum Gasteiger partial charge on any atom is 0.272 e. The van der Waals surface area contributed by atoms with Crippen LogP contribution in [0.2, 0.25) is 0 Å². The molecular weight excluding hydrogens is 372 g/mol. The standard InChI is InChI=1S/C21H18N4O2S/c1-2-13-7-9-14(10-8-13)24-11-22-21-25(12-24)20(27)18(28-21)17-15-5-3-4-6-16(15)23-19(17)26/h3-10H,2,11-12H2,1H3,(H,23,26). The van der Waals surface area contributed by atoms with Gasteiger partial charge < -0.3 is 10.2 Å². The second-order valence-corrected chi connectivity index (χ2v) is 7.80. The second kappa shape index (κ2) is 6.45. The van der Waals surface area contributed by atoms with Gasteiger partial charge in [-0.25, -0.2) is 4.99 Å². The van der Waals surface area contributed by atoms with Gasteiger partial charge in [-0.2, -0.15) is 0 Å². The summed E-state index contributed by atoms with van der Waals surface area (Å²) in [5.74, 6) is -0.232. The van der Waals surface area contributed by atoms with E-state index < -0.39 is 0 Å². The summed E-state index contributed by atoms with van der Waals surface area (Å²) >= 11 is 1.29. The van der Waals surface area contributed by atoms with Gasteiger partial charge in [0.2, 0.25) is 0 Å². The van der Waals surface area contributed by atoms with Crippen LogP contribution in [0.25, 0.3) is 5.57 Å². The molecule has 3 heterocycles. The first-order valence-electron chi connectivity index (χ1n) is 9.19. The molecule has 140 valence electrons. The van der Waals surface area contributed by atoms with Crippen LogP contribution in [0.1, 0.15) is 18.1 Å². The Morgan fingerprint density at radius 3 is 2.68 bits per heavy atom. The topological polar surface area (TPSA) is 66.7 Å². The first-order chi connectivity index (χ1) is 13.7. The van der Waals surface area contributed by atoms with Gasteiger partial charge in [-0.1, -0.05) is 48.6 Å². The van der Waals surface area contributed by atoms with Gasteiger partial charge >= 0.3 is 0 Å². The Labute approximate surface area is 165 Å². The third-order valence-electron chi connectivity index (χ3n) is 5.16. The van der Waals surface area contributed by atoms with E-state index in [1.807, 2.05) is 24.3 Å². The van der Waals surface area contributed by atoms with Crippen LogP contribution in [-0.2, 0) is 17.9 Å². The minimum atomic E-state index is -0.232. The summed E-state index contributed by atoms with van der Waals surface area (Å²) in [6.45, 7) is 3.04. The van der Waals surface area contributed by atoms with Crippen LogP contribution in [0.4, 0.5) is 11.4 Å². The number of hydrogen-bond acceptors (Lipinski definition) is 5. The number of benzene rings is 2. The Morgan fingerprint density at radius 1 is 1.11 bits per heavy atom. The highest BCUT2D eigenvalue weighted by Crippen LogP contribution is 2.29. The predicted octanol–water partition coefficient (Wildman–Crippen LogP) is 1.68. The van der Waals surface area contributed by atoms with Gasteiger partial charge in [0.25, 0.3) is 11.5 Å². The van der Waals surface area contributed by atoms with Crippen molar-refractivity contribution in [3.63, 3.8) is 0 Å². The summed E-state index contributed by atoms with van der Waals surface area (Å²) in [5.41, 5.74) is 4.10. The number of amides is 1. The first kappa shape index (κ1) is 16.9. The maximum atomic E-state index is 13.1. The van der Waals surface area contributed by atoms with Crippen molar-refractivity contribution in [2.24, 2.45) is 4.99 Å². The molecule has 0 saturated carbocycles. The van der Waals surface area contributed by atoms with Crippen LogP contribution in [0, 0.1) is 0 Å². The zero-order valence-electron chi connectivity index (χ0n) is 15.3. The molecule has 0 fully saturated rings. The van der Waals surface area contributed by atoms with Crippen LogP contribution >= 0.6 is 11.3 Å². The molecule has 2 aromatic carbocycles. The minimum absolute atomic E-state index is 0.166. The van der Waals surface area contributed by atoms with E-state index in [1.165, 1.54) is 16.9 Å². The molecule has 5 rings (SSSR count). The highest BCUT2D eigenvalue weighted by atomic mass is 32.1. The molecule has 0 atom stereocenters. The summed E-state index contributed by atoms with van der Waals surface area (Å²) in [5, 5.41) is 2.84. The van der Waals surface area contributed by atoms with Crippen molar-refractivity contribution in [1.82, 2.24) is 4.57 Å². The van der Waals surface area contributed by atoms with Gasteiger partial charge in [-0.3, -0.25) is 14.2 Å². The number of carbonyl (C=O) groups excluding carboxylic acids is 1. The van der Waals surface area contributed by atoms with Crippen molar-refractivity contribution in [2.75, 3.05) is 16.9 Å². The van der Waals surface area contributed by atoms with Crippen molar-refractivity contribution in [3.05, 3.63) is 79.3 Å². The number of nitrogens with zero attached hydrogens (tertiary/aromatic N) is 3. The number of thiazole rings is 1. The van der Waals surface area contributed by atoms with Crippen molar-refractivity contribution in [2.45, 2.75) is 20.0 Å². The summed E-state index contributed by atoms with van der Waals surface area (Å²) in [7, 11) is 0. The third-order valence-corrected chi connectivity index (χ3v) is 6.28. The fourth-order valence-corrected chi connectivity index (χ4v) is 4.67. The molecule has 2 aliphatic heterocycles. The number of para-hydroxylation sites is 1. The largest absolute Gasteiger partial charge is 0.334 e. The monoisotopic (exact) mass is 390 g/mol. The van der Waals surface area contributed by atoms with Gasteiger partial charge in [0.05, 0.1) is 5.57 Å². The molecule has 1 aromatic heterocycles. The van der Waals surface area contributed by atoms with E-state index >= 15 is 0 Å². The smallest absolute Gasteiger partial charge is 0.272 e. The number of anilines is 2. The normalized spacial score (nSPS) is 17.0. The Balaban J connectivity index is 1.60. The van der Waals surface area contributed by atoms with Gasteiger partial charge in [0.1, 0.15) is 17.9 Å². The molecule has 0 spiro atoms. The summed E-state index contributed by atoms with van der Waals surface area (Å²) in [6, 6.07) is 15.8. The van der Waals surface area contributed by atoms with Gasteiger partial charge in [-0.05, 0) is 30.2 Å². The number of rotatable bonds is 2. The third kappa shape index (κ3) is 2.58. The number of aryl methyl sites for hydroxylation is 1. The Morgan fingerprint density at radius 2 is 1.89 bits per heavy atom. The Hall–Kier alpha value is -3.19. The summed E-state index contributed by atoms with van der Waals surface area (Å²) < 4.78 is 2.10. The van der Waals surface area contributed by atoms with E-state index in [0.29, 0.717) is 28.2 Å². The van der Waals surface area contributed by atoms with Crippen LogP contribution in [0.5, 0.6) is 0 Å². The number of carbonyl (C=O) groups is 1. The van der Waals surface area contributed by atoms with Crippen molar-refractivity contribution < 1.29 is 4.79 Å². The Kier molecular flexibility index (Phi) is 3.91. The van der Waals surface area contributed by atoms with Crippen LogP contribution < -0.4 is 25.1 Å². The summed E-state index contributed by atoms with van der Waals surface area (Å²) in [6.07, 6.45) is 0.990. The fraction of sp³-hybridized carbons (Fsp3) is 0.190. The lowest BCUT2D eigenvalue weighted by atomic mass is 10.1. The van der Waals surface area contributed by atoms with Gasteiger partial charge in [0.15, 0.2) is 4.80 Å². The molecule has 7 heteroatoms. The molecule has 0 unspecified atom stereocenters. The molecule has 28 heavy (non-hydrogen) atoms. The van der Waals surface area contributed by atoms with Crippen molar-refractivity contribution in [3.8, 4) is 0 Å². The van der Waals surface area contributed by atoms with E-state index in [9.17, 15) is 9.59 Å². The molecule has 2 aliphatic rings. The molecule has 0 radical (unpaired) electrons. The average molecular weight is 390 g/mol. The van der Waals surface area contributed by atoms with Crippen LogP contribution in [0.3, 0.4) is 0 Å². The SMILES string of the molecule is CCc1ccc(N2CN=c3sc(=C4C(=O)Nc5ccccc54)c(=O)n3C2)cc1. The second-order valence-electron chi connectivity index (χ2n) is 6.82. The summed E-state index contributed by atoms with van der Waals surface area (Å²) in [4.78, 5) is 32.9. The quantitative estimate of drug-likeness (QED) is 0.724. The van der Waals surface area contributed by atoms with Gasteiger partial charge in [0, 0.05) is 16.9 Å². The highest BCUT2D eigenvalue weighted by molar-refractivity contribution is 7.07. The van der Waals surface area contributed by atoms with E-state index in [4.69, 9.17) is 0 Å². The average Bonchev–Trinajstić information content (AvgIpc) is 3.23. The minimum Gasteiger partial charge on any atom is -0.334 e. The molecule has 0 aliphatic carbocycles. The van der Waals surface area contributed by atoms with Crippen LogP contribution in [-0.4, -0.2) is 17.1 Å². The highest BCUT2D eigenvalue weighted by Gasteiger charge is 2.27. The number of aromatic nitrogens is 1. The lowest BCUT2D eigenvalue weighted by Crippen LogP contribution is -2.43. The molecule has 1 N–H and O–H groups in total. The zero-order chi connectivity index (χ0) is 19.3. The van der Waals surface area contributed by atoms with E-state index in [1.54, 1.807) is 4.57 Å². The molecule has 0 bridgehead atoms. The molecule has 6 nitrogen and oxygen atoms in total. The van der Waals surface area contributed by atoms with E-state index in [2.05, 4.69) is 46.4 Å². The molecule has 0 saturated heterocycles. The molecule has 3 aromatic rings. The number of nitrogens with one attached hydrogen (secondary N) is 1. The van der Waals surface area contributed by atoms with Gasteiger partial charge in [-0.15, -0.1) is 0 Å². The molecular formula is C21H18N4O2S. The number of fused-ring (bicyclic) bond motifs is 2. The first-order valence-corrected chi connectivity index (χ1v) is 10.0. The predicted molar refractivity (Wildman–Crippen MR) is 110 cm³/mol. The lowest BCUT2D eigenvalue weighted by molar-refractivity contribution is -0.110.